The van der Waals surface area contributed by atoms with Crippen molar-refractivity contribution in [1.29, 1.82) is 0 Å². The van der Waals surface area contributed by atoms with Gasteiger partial charge in [-0.1, -0.05) is 23.9 Å². The lowest BCUT2D eigenvalue weighted by molar-refractivity contribution is 0.0696. The highest BCUT2D eigenvalue weighted by Crippen LogP contribution is 2.26. The van der Waals surface area contributed by atoms with Crippen molar-refractivity contribution in [2.75, 3.05) is 0 Å². The summed E-state index contributed by atoms with van der Waals surface area (Å²) >= 11 is 1.45. The van der Waals surface area contributed by atoms with Gasteiger partial charge in [-0.15, -0.1) is 0 Å². The van der Waals surface area contributed by atoms with Crippen LogP contribution in [0.25, 0.3) is 0 Å². The molecule has 1 N–H and O–H groups in total. The van der Waals surface area contributed by atoms with Gasteiger partial charge in [-0.2, -0.15) is 0 Å². The molecule has 1 heterocycles. The van der Waals surface area contributed by atoms with Crippen molar-refractivity contribution in [2.45, 2.75) is 16.8 Å². The van der Waals surface area contributed by atoms with Crippen LogP contribution < -0.4 is 0 Å². The Morgan fingerprint density at radius 1 is 1.29 bits per heavy atom. The van der Waals surface area contributed by atoms with Crippen LogP contribution in [-0.4, -0.2) is 16.1 Å². The van der Waals surface area contributed by atoms with Crippen LogP contribution in [0.3, 0.4) is 0 Å². The molecule has 17 heavy (non-hydrogen) atoms. The summed E-state index contributed by atoms with van der Waals surface area (Å²) in [5, 5.41) is 9.75. The lowest BCUT2D eigenvalue weighted by atomic mass is 10.2. The Kier molecular flexibility index (Phi) is 3.44. The van der Waals surface area contributed by atoms with Crippen LogP contribution in [0.15, 0.2) is 52.5 Å². The predicted molar refractivity (Wildman–Crippen MR) is 66.5 cm³/mol. The molecule has 0 radical (unpaired) electrons. The minimum absolute atomic E-state index is 0.294. The van der Waals surface area contributed by atoms with E-state index in [1.165, 1.54) is 11.8 Å². The zero-order valence-electron chi connectivity index (χ0n) is 9.25. The normalized spacial score (nSPS) is 10.2. The number of carboxylic acids is 1. The van der Waals surface area contributed by atoms with Crippen molar-refractivity contribution < 1.29 is 9.90 Å². The summed E-state index contributed by atoms with van der Waals surface area (Å²) in [6.45, 7) is 1.98. The van der Waals surface area contributed by atoms with E-state index in [4.69, 9.17) is 5.11 Å². The van der Waals surface area contributed by atoms with E-state index in [1.807, 2.05) is 25.1 Å². The number of nitrogens with zero attached hydrogens (tertiary/aromatic N) is 1. The van der Waals surface area contributed by atoms with Gasteiger partial charge in [0.2, 0.25) is 0 Å². The van der Waals surface area contributed by atoms with Gasteiger partial charge in [0.15, 0.2) is 0 Å². The number of rotatable bonds is 3. The van der Waals surface area contributed by atoms with E-state index in [2.05, 4.69) is 4.98 Å². The zero-order chi connectivity index (χ0) is 12.3. The summed E-state index contributed by atoms with van der Waals surface area (Å²) in [5.74, 6) is -0.913. The highest BCUT2D eigenvalue weighted by atomic mass is 32.2. The van der Waals surface area contributed by atoms with Crippen LogP contribution in [0.1, 0.15) is 15.9 Å². The first-order valence-electron chi connectivity index (χ1n) is 5.09. The molecular weight excluding hydrogens is 234 g/mol. The maximum absolute atomic E-state index is 10.8. The fourth-order valence-electron chi connectivity index (χ4n) is 1.33. The lowest BCUT2D eigenvalue weighted by Crippen LogP contribution is -1.95. The van der Waals surface area contributed by atoms with Gasteiger partial charge in [0, 0.05) is 11.1 Å². The third kappa shape index (κ3) is 3.07. The SMILES string of the molecule is Cc1ccc(Sc2cccc(C(=O)O)c2)nc1. The molecule has 86 valence electrons. The average molecular weight is 245 g/mol. The smallest absolute Gasteiger partial charge is 0.335 e. The van der Waals surface area contributed by atoms with E-state index in [1.54, 1.807) is 24.4 Å². The van der Waals surface area contributed by atoms with Crippen molar-refractivity contribution in [2.24, 2.45) is 0 Å². The van der Waals surface area contributed by atoms with Crippen molar-refractivity contribution in [3.05, 3.63) is 53.7 Å². The van der Waals surface area contributed by atoms with Gasteiger partial charge in [-0.25, -0.2) is 9.78 Å². The summed E-state index contributed by atoms with van der Waals surface area (Å²) in [4.78, 5) is 16.0. The molecule has 0 aliphatic carbocycles. The molecule has 0 atom stereocenters. The summed E-state index contributed by atoms with van der Waals surface area (Å²) < 4.78 is 0. The number of benzene rings is 1. The highest BCUT2D eigenvalue weighted by Gasteiger charge is 2.04. The molecule has 0 aliphatic heterocycles. The van der Waals surface area contributed by atoms with Gasteiger partial charge in [-0.3, -0.25) is 0 Å². The Labute approximate surface area is 104 Å². The summed E-state index contributed by atoms with van der Waals surface area (Å²) in [5.41, 5.74) is 1.40. The fourth-order valence-corrected chi connectivity index (χ4v) is 2.14. The van der Waals surface area contributed by atoms with Crippen LogP contribution in [0, 0.1) is 6.92 Å². The number of aromatic carboxylic acids is 1. The number of carbonyl (C=O) groups is 1. The number of hydrogen-bond donors (Lipinski definition) is 1. The number of carboxylic acid groups (broad SMARTS) is 1. The predicted octanol–water partition coefficient (Wildman–Crippen LogP) is 3.24. The third-order valence-electron chi connectivity index (χ3n) is 2.19. The van der Waals surface area contributed by atoms with Crippen molar-refractivity contribution in [3.63, 3.8) is 0 Å². The average Bonchev–Trinajstić information content (AvgIpc) is 2.32. The Morgan fingerprint density at radius 3 is 2.76 bits per heavy atom. The van der Waals surface area contributed by atoms with E-state index in [0.29, 0.717) is 5.56 Å². The lowest BCUT2D eigenvalue weighted by Gasteiger charge is -2.02. The monoisotopic (exact) mass is 245 g/mol. The van der Waals surface area contributed by atoms with Crippen LogP contribution >= 0.6 is 11.8 Å². The van der Waals surface area contributed by atoms with Crippen LogP contribution in [-0.2, 0) is 0 Å². The Bertz CT molecular complexity index is 537. The molecule has 2 rings (SSSR count). The van der Waals surface area contributed by atoms with E-state index in [-0.39, 0.29) is 0 Å². The van der Waals surface area contributed by atoms with Gasteiger partial charge in [0.05, 0.1) is 5.56 Å². The number of hydrogen-bond acceptors (Lipinski definition) is 3. The Morgan fingerprint density at radius 2 is 2.12 bits per heavy atom. The molecule has 0 aliphatic rings. The Hall–Kier alpha value is -1.81. The van der Waals surface area contributed by atoms with Gasteiger partial charge >= 0.3 is 5.97 Å². The fraction of sp³-hybridized carbons (Fsp3) is 0.0769. The van der Waals surface area contributed by atoms with Crippen molar-refractivity contribution in [3.8, 4) is 0 Å². The second-order valence-electron chi connectivity index (χ2n) is 3.61. The first kappa shape index (κ1) is 11.7. The van der Waals surface area contributed by atoms with Gasteiger partial charge < -0.3 is 5.11 Å². The summed E-state index contributed by atoms with van der Waals surface area (Å²) in [7, 11) is 0. The number of aromatic nitrogens is 1. The van der Waals surface area contributed by atoms with Gasteiger partial charge in [0.1, 0.15) is 5.03 Å². The van der Waals surface area contributed by atoms with Crippen LogP contribution in [0.5, 0.6) is 0 Å². The molecule has 0 bridgehead atoms. The van der Waals surface area contributed by atoms with E-state index in [9.17, 15) is 4.79 Å². The molecule has 1 aromatic carbocycles. The second-order valence-corrected chi connectivity index (χ2v) is 4.70. The molecule has 3 nitrogen and oxygen atoms in total. The molecule has 0 fully saturated rings. The standard InChI is InChI=1S/C13H11NO2S/c1-9-5-6-12(14-8-9)17-11-4-2-3-10(7-11)13(15)16/h2-8H,1H3,(H,15,16). The molecule has 1 aromatic heterocycles. The zero-order valence-corrected chi connectivity index (χ0v) is 10.1. The van der Waals surface area contributed by atoms with Crippen LogP contribution in [0.2, 0.25) is 0 Å². The highest BCUT2D eigenvalue weighted by molar-refractivity contribution is 7.99. The van der Waals surface area contributed by atoms with E-state index >= 15 is 0 Å². The van der Waals surface area contributed by atoms with Crippen molar-refractivity contribution >= 4 is 17.7 Å². The second kappa shape index (κ2) is 5.01. The third-order valence-corrected chi connectivity index (χ3v) is 3.13. The van der Waals surface area contributed by atoms with Gasteiger partial charge in [0.25, 0.3) is 0 Å². The summed E-state index contributed by atoms with van der Waals surface area (Å²) in [6.07, 6.45) is 1.80. The molecule has 0 unspecified atom stereocenters. The quantitative estimate of drug-likeness (QED) is 0.901. The number of aryl methyl sites for hydroxylation is 1. The topological polar surface area (TPSA) is 50.2 Å². The molecule has 0 amide bonds. The van der Waals surface area contributed by atoms with E-state index < -0.39 is 5.97 Å². The Balaban J connectivity index is 2.21. The summed E-state index contributed by atoms with van der Waals surface area (Å²) in [6, 6.07) is 10.7. The molecule has 4 heteroatoms. The van der Waals surface area contributed by atoms with Crippen LogP contribution in [0.4, 0.5) is 0 Å². The molecule has 2 aromatic rings. The molecule has 0 spiro atoms. The maximum Gasteiger partial charge on any atom is 0.335 e. The van der Waals surface area contributed by atoms with Gasteiger partial charge in [-0.05, 0) is 36.8 Å². The number of pyridine rings is 1. The minimum atomic E-state index is -0.913. The maximum atomic E-state index is 10.8. The van der Waals surface area contributed by atoms with Crippen molar-refractivity contribution in [1.82, 2.24) is 4.98 Å². The largest absolute Gasteiger partial charge is 0.478 e. The van der Waals surface area contributed by atoms with E-state index in [0.717, 1.165) is 15.5 Å². The molecular formula is C13H11NO2S. The first-order chi connectivity index (χ1) is 8.15. The first-order valence-corrected chi connectivity index (χ1v) is 5.91. The minimum Gasteiger partial charge on any atom is -0.478 e. The molecule has 0 saturated heterocycles. The molecule has 0 saturated carbocycles.